The van der Waals surface area contributed by atoms with Crippen LogP contribution in [0.1, 0.15) is 36.1 Å². The van der Waals surface area contributed by atoms with E-state index in [1.807, 2.05) is 23.1 Å². The predicted octanol–water partition coefficient (Wildman–Crippen LogP) is 4.35. The number of nitrogens with zero attached hydrogens (tertiary/aromatic N) is 5. The molecule has 1 aromatic heterocycles. The molecule has 1 amide bonds. The van der Waals surface area contributed by atoms with E-state index in [2.05, 4.69) is 4.90 Å². The van der Waals surface area contributed by atoms with Gasteiger partial charge in [-0.1, -0.05) is 11.6 Å². The molecule has 1 N–H and O–H groups in total. The highest BCUT2D eigenvalue weighted by atomic mass is 35.5. The van der Waals surface area contributed by atoms with Crippen LogP contribution in [0.25, 0.3) is 11.3 Å². The van der Waals surface area contributed by atoms with Gasteiger partial charge in [0, 0.05) is 79.1 Å². The van der Waals surface area contributed by atoms with Crippen molar-refractivity contribution < 1.29 is 31.5 Å². The van der Waals surface area contributed by atoms with Crippen molar-refractivity contribution in [3.63, 3.8) is 0 Å². The van der Waals surface area contributed by atoms with E-state index in [1.165, 1.54) is 22.7 Å². The van der Waals surface area contributed by atoms with Crippen molar-refractivity contribution in [2.45, 2.75) is 57.3 Å². The topological polar surface area (TPSA) is 99.0 Å². The summed E-state index contributed by atoms with van der Waals surface area (Å²) in [5.41, 5.74) is 5.08. The summed E-state index contributed by atoms with van der Waals surface area (Å²) >= 11 is 6.19. The van der Waals surface area contributed by atoms with E-state index in [0.717, 1.165) is 48.4 Å². The lowest BCUT2D eigenvalue weighted by atomic mass is 9.95. The first kappa shape index (κ1) is 33.4. The number of piperidine rings is 1. The minimum Gasteiger partial charge on any atom is -0.390 e. The Balaban J connectivity index is 0.00000128. The number of sulfonamides is 1. The van der Waals surface area contributed by atoms with Crippen molar-refractivity contribution in [3.8, 4) is 11.3 Å². The van der Waals surface area contributed by atoms with Gasteiger partial charge in [-0.25, -0.2) is 21.6 Å². The van der Waals surface area contributed by atoms with Crippen LogP contribution in [0, 0.1) is 5.82 Å². The quantitative estimate of drug-likeness (QED) is 0.403. The normalized spacial score (nSPS) is 18.6. The van der Waals surface area contributed by atoms with Gasteiger partial charge in [0.2, 0.25) is 22.9 Å². The monoisotopic (exact) mass is 667 g/mol. The van der Waals surface area contributed by atoms with Gasteiger partial charge in [-0.15, -0.1) is 0 Å². The zero-order valence-corrected chi connectivity index (χ0v) is 26.6. The van der Waals surface area contributed by atoms with Crippen molar-refractivity contribution in [2.24, 2.45) is 0 Å². The summed E-state index contributed by atoms with van der Waals surface area (Å²) in [6.45, 7) is 1.03. The first-order valence-electron chi connectivity index (χ1n) is 14.9. The summed E-state index contributed by atoms with van der Waals surface area (Å²) in [4.78, 5) is 17.1. The molecule has 0 spiro atoms. The van der Waals surface area contributed by atoms with E-state index in [-0.39, 0.29) is 30.9 Å². The third kappa shape index (κ3) is 7.71. The molecule has 0 bridgehead atoms. The standard InChI is InChI=1S/C30H35ClFN5O4S.CH2F2/c1-42(40,41)35-15-12-28-26(19-35)30(20-2-6-23(32)7-3-20)33-36(28)18-25(38)17-34-13-10-24(11-14-34)37-27-8-5-22(31)16-21(27)4-9-29(37)39;2-1-3/h2-3,5-8,16,24-25,38H,4,9-15,17-19H2,1H3;1H2. The van der Waals surface area contributed by atoms with Crippen LogP contribution in [-0.4, -0.2) is 89.9 Å². The molecule has 2 aromatic carbocycles. The molecule has 1 unspecified atom stereocenters. The van der Waals surface area contributed by atoms with Crippen molar-refractivity contribution in [3.05, 3.63) is 70.1 Å². The summed E-state index contributed by atoms with van der Waals surface area (Å²) in [7, 11) is -3.39. The largest absolute Gasteiger partial charge is 0.390 e. The van der Waals surface area contributed by atoms with Gasteiger partial charge in [-0.3, -0.25) is 9.48 Å². The number of aromatic nitrogens is 2. The second kappa shape index (κ2) is 14.2. The molecule has 0 aliphatic carbocycles. The van der Waals surface area contributed by atoms with Gasteiger partial charge in [0.1, 0.15) is 5.82 Å². The Morgan fingerprint density at radius 1 is 1.02 bits per heavy atom. The Hall–Kier alpha value is -2.97. The summed E-state index contributed by atoms with van der Waals surface area (Å²) in [5, 5.41) is 16.6. The average Bonchev–Trinajstić information content (AvgIpc) is 3.35. The van der Waals surface area contributed by atoms with Crippen LogP contribution in [0.3, 0.4) is 0 Å². The number of hydrogen-bond donors (Lipinski definition) is 1. The van der Waals surface area contributed by atoms with Crippen LogP contribution in [0.15, 0.2) is 42.5 Å². The lowest BCUT2D eigenvalue weighted by molar-refractivity contribution is -0.119. The summed E-state index contributed by atoms with van der Waals surface area (Å²) in [6, 6.07) is 11.9. The molecule has 14 heteroatoms. The Labute approximate surface area is 266 Å². The van der Waals surface area contributed by atoms with E-state index < -0.39 is 23.1 Å². The Morgan fingerprint density at radius 3 is 2.38 bits per heavy atom. The van der Waals surface area contributed by atoms with Crippen molar-refractivity contribution in [1.82, 2.24) is 19.0 Å². The number of aliphatic hydroxyl groups is 1. The number of hydrogen-bond acceptors (Lipinski definition) is 6. The Kier molecular flexibility index (Phi) is 10.5. The third-order valence-electron chi connectivity index (χ3n) is 8.64. The van der Waals surface area contributed by atoms with Crippen LogP contribution >= 0.6 is 11.6 Å². The van der Waals surface area contributed by atoms with E-state index in [9.17, 15) is 31.5 Å². The fourth-order valence-electron chi connectivity index (χ4n) is 6.54. The van der Waals surface area contributed by atoms with E-state index in [0.29, 0.717) is 48.6 Å². The first-order valence-corrected chi connectivity index (χ1v) is 17.1. The highest BCUT2D eigenvalue weighted by Gasteiger charge is 2.34. The smallest absolute Gasteiger partial charge is 0.229 e. The lowest BCUT2D eigenvalue weighted by Gasteiger charge is -2.41. The van der Waals surface area contributed by atoms with Crippen LogP contribution in [0.4, 0.5) is 18.9 Å². The fraction of sp³-hybridized carbons (Fsp3) is 0.484. The maximum absolute atomic E-state index is 13.6. The van der Waals surface area contributed by atoms with Gasteiger partial charge < -0.3 is 14.9 Å². The van der Waals surface area contributed by atoms with Crippen molar-refractivity contribution in [2.75, 3.05) is 44.3 Å². The summed E-state index contributed by atoms with van der Waals surface area (Å²) in [5.74, 6) is -0.208. The van der Waals surface area contributed by atoms with Gasteiger partial charge in [0.15, 0.2) is 0 Å². The van der Waals surface area contributed by atoms with Crippen LogP contribution < -0.4 is 4.90 Å². The van der Waals surface area contributed by atoms with Gasteiger partial charge in [-0.2, -0.15) is 9.40 Å². The van der Waals surface area contributed by atoms with Gasteiger partial charge in [0.05, 0.1) is 24.6 Å². The maximum atomic E-state index is 13.6. The lowest BCUT2D eigenvalue weighted by Crippen LogP contribution is -2.50. The molecule has 0 saturated carbocycles. The highest BCUT2D eigenvalue weighted by molar-refractivity contribution is 7.88. The number of aliphatic hydroxyl groups excluding tert-OH is 1. The van der Waals surface area contributed by atoms with Crippen LogP contribution in [0.5, 0.6) is 0 Å². The second-order valence-electron chi connectivity index (χ2n) is 11.6. The van der Waals surface area contributed by atoms with E-state index >= 15 is 0 Å². The first-order chi connectivity index (χ1) is 21.5. The number of benzene rings is 2. The molecular weight excluding hydrogens is 631 g/mol. The number of aryl methyl sites for hydroxylation is 1. The molecule has 1 atom stereocenters. The van der Waals surface area contributed by atoms with Crippen LogP contribution in [0.2, 0.25) is 5.02 Å². The molecule has 1 fully saturated rings. The minimum absolute atomic E-state index is 0.111. The number of β-amino-alcohol motifs (C(OH)–C–C–N with tert-alkyl or cyclic N) is 1. The molecule has 4 heterocycles. The number of anilines is 1. The Morgan fingerprint density at radius 2 is 1.71 bits per heavy atom. The number of amides is 1. The molecule has 1 saturated heterocycles. The molecule has 45 heavy (non-hydrogen) atoms. The number of alkyl halides is 2. The van der Waals surface area contributed by atoms with Gasteiger partial charge >= 0.3 is 0 Å². The fourth-order valence-corrected chi connectivity index (χ4v) is 7.52. The van der Waals surface area contributed by atoms with Crippen LogP contribution in [-0.2, 0) is 40.7 Å². The number of fused-ring (bicyclic) bond motifs is 2. The van der Waals surface area contributed by atoms with Crippen molar-refractivity contribution >= 4 is 33.2 Å². The summed E-state index contributed by atoms with van der Waals surface area (Å²) < 4.78 is 60.7. The molecule has 0 radical (unpaired) electrons. The molecule has 3 aliphatic heterocycles. The second-order valence-corrected chi connectivity index (χ2v) is 14.1. The average molecular weight is 668 g/mol. The number of likely N-dealkylation sites (tertiary alicyclic amines) is 1. The number of rotatable bonds is 7. The Bertz CT molecular complexity index is 1610. The maximum Gasteiger partial charge on any atom is 0.229 e. The number of carbonyl (C=O) groups is 1. The zero-order chi connectivity index (χ0) is 32.3. The number of carbonyl (C=O) groups excluding carboxylic acids is 1. The SMILES string of the molecule is CS(=O)(=O)N1CCc2c(c(-c3ccc(F)cc3)nn2CC(O)CN2CCC(N3C(=O)CCc4cc(Cl)ccc43)CC2)C1.FCF. The molecule has 3 aliphatic rings. The van der Waals surface area contributed by atoms with Gasteiger partial charge in [0.25, 0.3) is 0 Å². The van der Waals surface area contributed by atoms with E-state index in [4.69, 9.17) is 16.7 Å². The molecule has 3 aromatic rings. The summed E-state index contributed by atoms with van der Waals surface area (Å²) in [6.07, 6.45) is 3.80. The third-order valence-corrected chi connectivity index (χ3v) is 10.1. The zero-order valence-electron chi connectivity index (χ0n) is 25.0. The minimum atomic E-state index is -3.39. The highest BCUT2D eigenvalue weighted by Crippen LogP contribution is 2.35. The molecule has 244 valence electrons. The molecular formula is C31H37ClF3N5O4S. The van der Waals surface area contributed by atoms with E-state index in [1.54, 1.807) is 16.8 Å². The number of halogens is 4. The van der Waals surface area contributed by atoms with Crippen molar-refractivity contribution in [1.29, 1.82) is 0 Å². The van der Waals surface area contributed by atoms with Gasteiger partial charge in [-0.05, 0) is 67.3 Å². The predicted molar refractivity (Wildman–Crippen MR) is 166 cm³/mol. The molecule has 6 rings (SSSR count). The molecule has 9 nitrogen and oxygen atoms in total.